The first-order chi connectivity index (χ1) is 6.93. The third kappa shape index (κ3) is 4.04. The Bertz CT molecular complexity index is 287. The minimum atomic E-state index is -2.90. The van der Waals surface area contributed by atoms with Crippen LogP contribution in [-0.2, 0) is 14.6 Å². The first kappa shape index (κ1) is 13.5. The molecule has 0 spiro atoms. The van der Waals surface area contributed by atoms with E-state index in [1.165, 1.54) is 0 Å². The van der Waals surface area contributed by atoms with Crippen LogP contribution in [0.4, 0.5) is 0 Å². The highest BCUT2D eigenvalue weighted by Gasteiger charge is 2.26. The minimum absolute atomic E-state index is 0.268. The highest BCUT2D eigenvalue weighted by Crippen LogP contribution is 2.25. The van der Waals surface area contributed by atoms with Crippen molar-refractivity contribution in [3.8, 4) is 0 Å². The van der Waals surface area contributed by atoms with E-state index in [4.69, 9.17) is 4.74 Å². The van der Waals surface area contributed by atoms with Crippen LogP contribution < -0.4 is 0 Å². The zero-order valence-corrected chi connectivity index (χ0v) is 11.7. The third-order valence-electron chi connectivity index (χ3n) is 2.87. The molecule has 0 amide bonds. The van der Waals surface area contributed by atoms with Crippen molar-refractivity contribution in [2.75, 3.05) is 19.0 Å². The highest BCUT2D eigenvalue weighted by molar-refractivity contribution is 9.09. The zero-order chi connectivity index (χ0) is 11.5. The lowest BCUT2D eigenvalue weighted by Crippen LogP contribution is -2.30. The van der Waals surface area contributed by atoms with E-state index in [0.29, 0.717) is 23.8 Å². The van der Waals surface area contributed by atoms with Gasteiger partial charge in [-0.3, -0.25) is 0 Å². The second-order valence-electron chi connectivity index (χ2n) is 4.34. The molecule has 0 aromatic carbocycles. The van der Waals surface area contributed by atoms with Crippen molar-refractivity contribution in [2.24, 2.45) is 5.92 Å². The Kier molecular flexibility index (Phi) is 5.06. The second kappa shape index (κ2) is 5.64. The van der Waals surface area contributed by atoms with Gasteiger partial charge in [-0.15, -0.1) is 0 Å². The minimum Gasteiger partial charge on any atom is -0.381 e. The SMILES string of the molecule is CC(C)S(=O)(=O)CCC1COCCC1Br. The fraction of sp³-hybridized carbons (Fsp3) is 1.00. The Morgan fingerprint density at radius 1 is 1.47 bits per heavy atom. The van der Waals surface area contributed by atoms with Gasteiger partial charge in [-0.2, -0.15) is 0 Å². The Hall–Kier alpha value is 0.390. The van der Waals surface area contributed by atoms with Gasteiger partial charge < -0.3 is 4.74 Å². The van der Waals surface area contributed by atoms with Gasteiger partial charge >= 0.3 is 0 Å². The fourth-order valence-corrected chi connectivity index (χ4v) is 3.29. The van der Waals surface area contributed by atoms with Crippen molar-refractivity contribution in [1.82, 2.24) is 0 Å². The molecule has 15 heavy (non-hydrogen) atoms. The zero-order valence-electron chi connectivity index (χ0n) is 9.28. The molecule has 1 fully saturated rings. The number of alkyl halides is 1. The lowest BCUT2D eigenvalue weighted by Gasteiger charge is -2.27. The lowest BCUT2D eigenvalue weighted by atomic mass is 10.00. The van der Waals surface area contributed by atoms with Crippen molar-refractivity contribution in [3.63, 3.8) is 0 Å². The second-order valence-corrected chi connectivity index (χ2v) is 8.20. The topological polar surface area (TPSA) is 43.4 Å². The predicted octanol–water partition coefficient (Wildman–Crippen LogP) is 2.00. The number of hydrogen-bond donors (Lipinski definition) is 0. The van der Waals surface area contributed by atoms with Gasteiger partial charge in [-0.1, -0.05) is 15.9 Å². The van der Waals surface area contributed by atoms with E-state index in [2.05, 4.69) is 15.9 Å². The van der Waals surface area contributed by atoms with E-state index in [1.807, 2.05) is 0 Å². The summed E-state index contributed by atoms with van der Waals surface area (Å²) in [5.41, 5.74) is 0. The number of halogens is 1. The largest absolute Gasteiger partial charge is 0.381 e. The van der Waals surface area contributed by atoms with Gasteiger partial charge in [0, 0.05) is 11.4 Å². The van der Waals surface area contributed by atoms with E-state index >= 15 is 0 Å². The van der Waals surface area contributed by atoms with E-state index in [1.54, 1.807) is 13.8 Å². The Morgan fingerprint density at radius 3 is 2.67 bits per heavy atom. The van der Waals surface area contributed by atoms with Crippen LogP contribution in [0.5, 0.6) is 0 Å². The molecule has 0 bridgehead atoms. The standard InChI is InChI=1S/C10H19BrO3S/c1-8(2)15(12,13)6-4-9-7-14-5-3-10(9)11/h8-10H,3-7H2,1-2H3. The maximum atomic E-state index is 11.6. The Balaban J connectivity index is 2.42. The van der Waals surface area contributed by atoms with Crippen LogP contribution in [-0.4, -0.2) is 37.5 Å². The van der Waals surface area contributed by atoms with E-state index in [0.717, 1.165) is 13.0 Å². The molecular formula is C10H19BrO3S. The summed E-state index contributed by atoms with van der Waals surface area (Å²) < 4.78 is 28.6. The molecule has 1 aliphatic heterocycles. The van der Waals surface area contributed by atoms with Crippen molar-refractivity contribution in [1.29, 1.82) is 0 Å². The van der Waals surface area contributed by atoms with Gasteiger partial charge in [-0.25, -0.2) is 8.42 Å². The summed E-state index contributed by atoms with van der Waals surface area (Å²) in [5, 5.41) is -0.268. The third-order valence-corrected chi connectivity index (χ3v) is 6.32. The predicted molar refractivity (Wildman–Crippen MR) is 65.2 cm³/mol. The van der Waals surface area contributed by atoms with Gasteiger partial charge in [0.25, 0.3) is 0 Å². The fourth-order valence-electron chi connectivity index (χ4n) is 1.59. The molecule has 1 aliphatic rings. The average molecular weight is 299 g/mol. The van der Waals surface area contributed by atoms with Gasteiger partial charge in [-0.05, 0) is 32.6 Å². The molecule has 2 atom stereocenters. The monoisotopic (exact) mass is 298 g/mol. The van der Waals surface area contributed by atoms with Crippen LogP contribution in [0.1, 0.15) is 26.7 Å². The molecule has 0 aromatic heterocycles. The number of rotatable bonds is 4. The van der Waals surface area contributed by atoms with Gasteiger partial charge in [0.05, 0.1) is 17.6 Å². The maximum Gasteiger partial charge on any atom is 0.152 e. The number of sulfone groups is 1. The van der Waals surface area contributed by atoms with Crippen molar-refractivity contribution in [2.45, 2.75) is 36.8 Å². The molecule has 0 N–H and O–H groups in total. The first-order valence-corrected chi connectivity index (χ1v) is 8.00. The van der Waals surface area contributed by atoms with E-state index < -0.39 is 9.84 Å². The normalized spacial score (nSPS) is 28.3. The molecule has 0 aliphatic carbocycles. The van der Waals surface area contributed by atoms with Crippen molar-refractivity contribution >= 4 is 25.8 Å². The molecular weight excluding hydrogens is 280 g/mol. The summed E-state index contributed by atoms with van der Waals surface area (Å²) in [6.45, 7) is 4.93. The number of hydrogen-bond acceptors (Lipinski definition) is 3. The van der Waals surface area contributed by atoms with Crippen LogP contribution in [0, 0.1) is 5.92 Å². The quantitative estimate of drug-likeness (QED) is 0.746. The lowest BCUT2D eigenvalue weighted by molar-refractivity contribution is 0.0594. The van der Waals surface area contributed by atoms with Gasteiger partial charge in [0.15, 0.2) is 9.84 Å². The van der Waals surface area contributed by atoms with Crippen LogP contribution in [0.15, 0.2) is 0 Å². The summed E-state index contributed by atoms with van der Waals surface area (Å²) in [4.78, 5) is 0.411. The number of ether oxygens (including phenoxy) is 1. The van der Waals surface area contributed by atoms with Gasteiger partial charge in [0.2, 0.25) is 0 Å². The van der Waals surface area contributed by atoms with Crippen LogP contribution in [0.2, 0.25) is 0 Å². The molecule has 90 valence electrons. The molecule has 2 unspecified atom stereocenters. The van der Waals surface area contributed by atoms with Crippen LogP contribution in [0.25, 0.3) is 0 Å². The van der Waals surface area contributed by atoms with Gasteiger partial charge in [0.1, 0.15) is 0 Å². The van der Waals surface area contributed by atoms with Crippen LogP contribution >= 0.6 is 15.9 Å². The van der Waals surface area contributed by atoms with Crippen LogP contribution in [0.3, 0.4) is 0 Å². The average Bonchev–Trinajstić information content (AvgIpc) is 2.16. The van der Waals surface area contributed by atoms with Crippen molar-refractivity contribution in [3.05, 3.63) is 0 Å². The first-order valence-electron chi connectivity index (χ1n) is 5.37. The Morgan fingerprint density at radius 2 is 2.13 bits per heavy atom. The molecule has 1 saturated heterocycles. The van der Waals surface area contributed by atoms with Crippen molar-refractivity contribution < 1.29 is 13.2 Å². The summed E-state index contributed by atoms with van der Waals surface area (Å²) in [7, 11) is -2.90. The highest BCUT2D eigenvalue weighted by atomic mass is 79.9. The summed E-state index contributed by atoms with van der Waals surface area (Å²) in [6, 6.07) is 0. The smallest absolute Gasteiger partial charge is 0.152 e. The van der Waals surface area contributed by atoms with E-state index in [-0.39, 0.29) is 11.0 Å². The molecule has 5 heteroatoms. The summed E-state index contributed by atoms with van der Waals surface area (Å²) >= 11 is 3.58. The maximum absolute atomic E-state index is 11.6. The molecule has 1 rings (SSSR count). The summed E-state index contributed by atoms with van der Waals surface area (Å²) in [6.07, 6.45) is 1.68. The summed E-state index contributed by atoms with van der Waals surface area (Å²) in [5.74, 6) is 0.619. The molecule has 1 heterocycles. The molecule has 3 nitrogen and oxygen atoms in total. The van der Waals surface area contributed by atoms with E-state index in [9.17, 15) is 8.42 Å². The Labute approximate surface area is 101 Å². The molecule has 0 saturated carbocycles. The molecule has 0 radical (unpaired) electrons. The molecule has 0 aromatic rings.